The van der Waals surface area contributed by atoms with E-state index < -0.39 is 0 Å². The van der Waals surface area contributed by atoms with Crippen LogP contribution in [-0.4, -0.2) is 29.7 Å². The van der Waals surface area contributed by atoms with Crippen molar-refractivity contribution in [3.63, 3.8) is 0 Å². The zero-order valence-electron chi connectivity index (χ0n) is 14.1. The Hall–Kier alpha value is -3.28. The van der Waals surface area contributed by atoms with Crippen LogP contribution in [0.1, 0.15) is 15.9 Å². The van der Waals surface area contributed by atoms with Gasteiger partial charge in [-0.05, 0) is 29.8 Å². The summed E-state index contributed by atoms with van der Waals surface area (Å²) in [5.74, 6) is 1.00. The van der Waals surface area contributed by atoms with Gasteiger partial charge in [-0.15, -0.1) is 0 Å². The standard InChI is InChI=1S/C19H19N3O3/c1-24-17-8-7-16(11-18(17)25-2)21-19(23)15-5-3-14(4-6-15)12-22-10-9-20-13-22/h3-11,13H,12H2,1-2H3,(H,21,23). The number of anilines is 1. The second-order valence-corrected chi connectivity index (χ2v) is 5.46. The minimum Gasteiger partial charge on any atom is -0.493 e. The molecule has 1 amide bonds. The number of aromatic nitrogens is 2. The number of amides is 1. The molecular weight excluding hydrogens is 318 g/mol. The average Bonchev–Trinajstić information content (AvgIpc) is 3.15. The quantitative estimate of drug-likeness (QED) is 0.750. The molecule has 0 aliphatic rings. The van der Waals surface area contributed by atoms with Crippen molar-refractivity contribution in [2.45, 2.75) is 6.54 Å². The molecule has 3 aromatic rings. The van der Waals surface area contributed by atoms with Crippen molar-refractivity contribution in [3.05, 3.63) is 72.3 Å². The van der Waals surface area contributed by atoms with Crippen molar-refractivity contribution in [3.8, 4) is 11.5 Å². The molecule has 128 valence electrons. The predicted molar refractivity (Wildman–Crippen MR) is 95.3 cm³/mol. The molecule has 25 heavy (non-hydrogen) atoms. The highest BCUT2D eigenvalue weighted by atomic mass is 16.5. The minimum absolute atomic E-state index is 0.179. The Morgan fingerprint density at radius 3 is 2.48 bits per heavy atom. The Morgan fingerprint density at radius 2 is 1.84 bits per heavy atom. The van der Waals surface area contributed by atoms with E-state index in [2.05, 4.69) is 10.3 Å². The zero-order valence-corrected chi connectivity index (χ0v) is 14.1. The molecule has 0 saturated carbocycles. The van der Waals surface area contributed by atoms with E-state index in [0.29, 0.717) is 22.7 Å². The van der Waals surface area contributed by atoms with Crippen molar-refractivity contribution >= 4 is 11.6 Å². The second-order valence-electron chi connectivity index (χ2n) is 5.46. The number of methoxy groups -OCH3 is 2. The van der Waals surface area contributed by atoms with Crippen molar-refractivity contribution < 1.29 is 14.3 Å². The van der Waals surface area contributed by atoms with Crippen LogP contribution in [0.5, 0.6) is 11.5 Å². The highest BCUT2D eigenvalue weighted by Crippen LogP contribution is 2.29. The molecule has 2 aromatic carbocycles. The number of ether oxygens (including phenoxy) is 2. The highest BCUT2D eigenvalue weighted by molar-refractivity contribution is 6.04. The van der Waals surface area contributed by atoms with E-state index in [-0.39, 0.29) is 5.91 Å². The Bertz CT molecular complexity index is 843. The fourth-order valence-electron chi connectivity index (χ4n) is 2.47. The molecule has 6 heteroatoms. The van der Waals surface area contributed by atoms with Crippen LogP contribution in [0.2, 0.25) is 0 Å². The predicted octanol–water partition coefficient (Wildman–Crippen LogP) is 3.20. The highest BCUT2D eigenvalue weighted by Gasteiger charge is 2.09. The average molecular weight is 337 g/mol. The lowest BCUT2D eigenvalue weighted by atomic mass is 10.1. The van der Waals surface area contributed by atoms with Crippen LogP contribution in [0, 0.1) is 0 Å². The molecule has 0 atom stereocenters. The number of hydrogen-bond acceptors (Lipinski definition) is 4. The lowest BCUT2D eigenvalue weighted by Crippen LogP contribution is -2.12. The van der Waals surface area contributed by atoms with E-state index in [9.17, 15) is 4.79 Å². The first-order valence-electron chi connectivity index (χ1n) is 7.77. The van der Waals surface area contributed by atoms with Gasteiger partial charge in [-0.3, -0.25) is 4.79 Å². The largest absolute Gasteiger partial charge is 0.493 e. The summed E-state index contributed by atoms with van der Waals surface area (Å²) in [7, 11) is 3.13. The summed E-state index contributed by atoms with van der Waals surface area (Å²) in [6.07, 6.45) is 5.40. The monoisotopic (exact) mass is 337 g/mol. The molecule has 0 radical (unpaired) electrons. The maximum absolute atomic E-state index is 12.4. The van der Waals surface area contributed by atoms with Gasteiger partial charge in [0.05, 0.1) is 20.5 Å². The Morgan fingerprint density at radius 1 is 1.08 bits per heavy atom. The van der Waals surface area contributed by atoms with Crippen molar-refractivity contribution in [2.24, 2.45) is 0 Å². The van der Waals surface area contributed by atoms with E-state index in [1.54, 1.807) is 44.9 Å². The summed E-state index contributed by atoms with van der Waals surface area (Å²) in [5.41, 5.74) is 2.33. The fraction of sp³-hybridized carbons (Fsp3) is 0.158. The maximum Gasteiger partial charge on any atom is 0.255 e. The van der Waals surface area contributed by atoms with Crippen molar-refractivity contribution in [2.75, 3.05) is 19.5 Å². The number of carbonyl (C=O) groups is 1. The molecule has 1 N–H and O–H groups in total. The zero-order chi connectivity index (χ0) is 17.6. The topological polar surface area (TPSA) is 65.4 Å². The summed E-state index contributed by atoms with van der Waals surface area (Å²) < 4.78 is 12.4. The normalized spacial score (nSPS) is 10.3. The summed E-state index contributed by atoms with van der Waals surface area (Å²) in [6, 6.07) is 12.7. The Labute approximate surface area is 146 Å². The van der Waals surface area contributed by atoms with E-state index >= 15 is 0 Å². The SMILES string of the molecule is COc1ccc(NC(=O)c2ccc(Cn3ccnc3)cc2)cc1OC. The Kier molecular flexibility index (Phi) is 4.99. The van der Waals surface area contributed by atoms with Gasteiger partial charge in [0.1, 0.15) is 0 Å². The summed E-state index contributed by atoms with van der Waals surface area (Å²) in [5, 5.41) is 2.86. The van der Waals surface area contributed by atoms with Gasteiger partial charge in [0.25, 0.3) is 5.91 Å². The van der Waals surface area contributed by atoms with Gasteiger partial charge in [-0.25, -0.2) is 4.98 Å². The molecule has 1 heterocycles. The van der Waals surface area contributed by atoms with Gasteiger partial charge in [0.2, 0.25) is 0 Å². The van der Waals surface area contributed by atoms with Gasteiger partial charge >= 0.3 is 0 Å². The van der Waals surface area contributed by atoms with E-state index in [4.69, 9.17) is 9.47 Å². The fourth-order valence-corrected chi connectivity index (χ4v) is 2.47. The number of benzene rings is 2. The van der Waals surface area contributed by atoms with Gasteiger partial charge in [0.15, 0.2) is 11.5 Å². The lowest BCUT2D eigenvalue weighted by molar-refractivity contribution is 0.102. The number of imidazole rings is 1. The number of hydrogen-bond donors (Lipinski definition) is 1. The second kappa shape index (κ2) is 7.53. The number of carbonyl (C=O) groups excluding carboxylic acids is 1. The van der Waals surface area contributed by atoms with Gasteiger partial charge in [0, 0.05) is 36.3 Å². The van der Waals surface area contributed by atoms with Crippen LogP contribution in [0.25, 0.3) is 0 Å². The summed E-state index contributed by atoms with van der Waals surface area (Å²) >= 11 is 0. The Balaban J connectivity index is 1.68. The summed E-state index contributed by atoms with van der Waals surface area (Å²) in [4.78, 5) is 16.4. The van der Waals surface area contributed by atoms with E-state index in [1.165, 1.54) is 0 Å². The third kappa shape index (κ3) is 3.98. The van der Waals surface area contributed by atoms with E-state index in [1.807, 2.05) is 35.0 Å². The van der Waals surface area contributed by atoms with Crippen LogP contribution >= 0.6 is 0 Å². The molecule has 0 aliphatic carbocycles. The van der Waals surface area contributed by atoms with Crippen molar-refractivity contribution in [1.82, 2.24) is 9.55 Å². The van der Waals surface area contributed by atoms with Crippen LogP contribution < -0.4 is 14.8 Å². The molecule has 0 bridgehead atoms. The van der Waals surface area contributed by atoms with Crippen LogP contribution in [0.4, 0.5) is 5.69 Å². The molecule has 0 unspecified atom stereocenters. The minimum atomic E-state index is -0.179. The third-order valence-electron chi connectivity index (χ3n) is 3.78. The maximum atomic E-state index is 12.4. The van der Waals surface area contributed by atoms with Crippen LogP contribution in [-0.2, 0) is 6.54 Å². The lowest BCUT2D eigenvalue weighted by Gasteiger charge is -2.11. The molecule has 1 aromatic heterocycles. The molecule has 0 fully saturated rings. The molecule has 6 nitrogen and oxygen atoms in total. The number of nitrogens with one attached hydrogen (secondary N) is 1. The first-order valence-corrected chi connectivity index (χ1v) is 7.77. The first-order chi connectivity index (χ1) is 12.2. The molecular formula is C19H19N3O3. The molecule has 0 aliphatic heterocycles. The van der Waals surface area contributed by atoms with Gasteiger partial charge in [-0.2, -0.15) is 0 Å². The smallest absolute Gasteiger partial charge is 0.255 e. The molecule has 0 saturated heterocycles. The summed E-state index contributed by atoms with van der Waals surface area (Å²) in [6.45, 7) is 0.720. The van der Waals surface area contributed by atoms with Crippen molar-refractivity contribution in [1.29, 1.82) is 0 Å². The van der Waals surface area contributed by atoms with Crippen LogP contribution in [0.3, 0.4) is 0 Å². The third-order valence-corrected chi connectivity index (χ3v) is 3.78. The van der Waals surface area contributed by atoms with Gasteiger partial charge < -0.3 is 19.4 Å². The van der Waals surface area contributed by atoms with E-state index in [0.717, 1.165) is 12.1 Å². The van der Waals surface area contributed by atoms with Gasteiger partial charge in [-0.1, -0.05) is 12.1 Å². The van der Waals surface area contributed by atoms with Crippen LogP contribution in [0.15, 0.2) is 61.2 Å². The number of rotatable bonds is 6. The molecule has 0 spiro atoms. The molecule has 3 rings (SSSR count). The first kappa shape index (κ1) is 16.6. The number of nitrogens with zero attached hydrogens (tertiary/aromatic N) is 2.